The summed E-state index contributed by atoms with van der Waals surface area (Å²) in [4.78, 5) is 15.0. The van der Waals surface area contributed by atoms with E-state index in [1.54, 1.807) is 0 Å². The Labute approximate surface area is 90.5 Å². The van der Waals surface area contributed by atoms with E-state index in [4.69, 9.17) is 5.73 Å². The van der Waals surface area contributed by atoms with Gasteiger partial charge in [0.05, 0.1) is 17.6 Å². The van der Waals surface area contributed by atoms with Crippen molar-refractivity contribution in [2.75, 3.05) is 5.73 Å². The number of aromatic amines is 1. The van der Waals surface area contributed by atoms with E-state index < -0.39 is 5.82 Å². The molecule has 2 aromatic rings. The lowest BCUT2D eigenvalue weighted by atomic mass is 10.2. The summed E-state index contributed by atoms with van der Waals surface area (Å²) in [7, 11) is 0. The molecule has 0 fully saturated rings. The molecule has 2 heterocycles. The molecule has 0 unspecified atom stereocenters. The quantitative estimate of drug-likeness (QED) is 0.749. The average molecular weight is 220 g/mol. The fourth-order valence-corrected chi connectivity index (χ4v) is 1.33. The Morgan fingerprint density at radius 1 is 1.50 bits per heavy atom. The fraction of sp³-hybridized carbons (Fsp3) is 0.100. The molecule has 0 amide bonds. The number of pyridine rings is 1. The molecule has 0 bridgehead atoms. The second kappa shape index (κ2) is 3.73. The van der Waals surface area contributed by atoms with Crippen molar-refractivity contribution in [1.29, 1.82) is 0 Å². The van der Waals surface area contributed by atoms with Crippen molar-refractivity contribution in [2.45, 2.75) is 6.92 Å². The highest BCUT2D eigenvalue weighted by Crippen LogP contribution is 2.24. The maximum absolute atomic E-state index is 12.7. The van der Waals surface area contributed by atoms with Crippen molar-refractivity contribution >= 4 is 11.5 Å². The number of hydrogen-bond donors (Lipinski definition) is 2. The Kier molecular flexibility index (Phi) is 2.40. The summed E-state index contributed by atoms with van der Waals surface area (Å²) in [5.74, 6) is -0.650. The number of halogens is 1. The minimum absolute atomic E-state index is 0.210. The molecule has 0 aromatic carbocycles. The first-order valence-electron chi connectivity index (χ1n) is 4.56. The van der Waals surface area contributed by atoms with Gasteiger partial charge in [-0.15, -0.1) is 0 Å². The Hall–Kier alpha value is -2.24. The minimum atomic E-state index is -0.440. The highest BCUT2D eigenvalue weighted by molar-refractivity contribution is 5.99. The van der Waals surface area contributed by atoms with Crippen LogP contribution in [0.15, 0.2) is 18.3 Å². The van der Waals surface area contributed by atoms with E-state index in [2.05, 4.69) is 15.2 Å². The number of aromatic nitrogens is 3. The molecule has 0 saturated carbocycles. The third-order valence-corrected chi connectivity index (χ3v) is 2.13. The molecular formula is C10H9FN4O. The molecule has 0 saturated heterocycles. The lowest BCUT2D eigenvalue weighted by molar-refractivity contribution is 0.101. The number of Topliss-reactive ketones (excluding diaryl/α,β-unsaturated/α-hetero) is 1. The van der Waals surface area contributed by atoms with Crippen LogP contribution in [0.3, 0.4) is 0 Å². The van der Waals surface area contributed by atoms with Gasteiger partial charge in [-0.2, -0.15) is 5.10 Å². The van der Waals surface area contributed by atoms with E-state index in [1.165, 1.54) is 19.1 Å². The molecule has 2 aromatic heterocycles. The predicted octanol–water partition coefficient (Wildman–Crippen LogP) is 1.40. The van der Waals surface area contributed by atoms with E-state index in [0.717, 1.165) is 6.20 Å². The van der Waals surface area contributed by atoms with Crippen molar-refractivity contribution in [2.24, 2.45) is 0 Å². The summed E-state index contributed by atoms with van der Waals surface area (Å²) >= 11 is 0. The number of nitrogens with zero attached hydrogens (tertiary/aromatic N) is 2. The lowest BCUT2D eigenvalue weighted by Crippen LogP contribution is -1.98. The number of carbonyl (C=O) groups excluding carboxylic acids is 1. The first kappa shape index (κ1) is 10.3. The van der Waals surface area contributed by atoms with E-state index in [-0.39, 0.29) is 17.2 Å². The molecule has 0 atom stereocenters. The topological polar surface area (TPSA) is 84.7 Å². The van der Waals surface area contributed by atoms with E-state index >= 15 is 0 Å². The molecule has 0 aliphatic carbocycles. The van der Waals surface area contributed by atoms with Crippen LogP contribution in [0.4, 0.5) is 10.1 Å². The van der Waals surface area contributed by atoms with Gasteiger partial charge in [0.2, 0.25) is 0 Å². The Morgan fingerprint density at radius 2 is 2.25 bits per heavy atom. The number of nitrogens with two attached hydrogens (primary N) is 1. The van der Waals surface area contributed by atoms with Gasteiger partial charge in [-0.3, -0.25) is 14.9 Å². The highest BCUT2D eigenvalue weighted by Gasteiger charge is 2.15. The summed E-state index contributed by atoms with van der Waals surface area (Å²) < 4.78 is 12.7. The normalized spacial score (nSPS) is 10.4. The molecule has 3 N–H and O–H groups in total. The summed E-state index contributed by atoms with van der Waals surface area (Å²) in [6.45, 7) is 1.38. The van der Waals surface area contributed by atoms with Gasteiger partial charge >= 0.3 is 0 Å². The number of carbonyl (C=O) groups is 1. The zero-order valence-electron chi connectivity index (χ0n) is 8.49. The van der Waals surface area contributed by atoms with Crippen LogP contribution in [0.25, 0.3) is 11.4 Å². The molecule has 5 nitrogen and oxygen atoms in total. The average Bonchev–Trinajstić information content (AvgIpc) is 2.61. The largest absolute Gasteiger partial charge is 0.395 e. The molecular weight excluding hydrogens is 211 g/mol. The molecule has 0 spiro atoms. The number of H-pyrrole nitrogens is 1. The maximum atomic E-state index is 12.7. The monoisotopic (exact) mass is 220 g/mol. The van der Waals surface area contributed by atoms with Gasteiger partial charge in [-0.1, -0.05) is 0 Å². The Balaban J connectivity index is 2.49. The highest BCUT2D eigenvalue weighted by atomic mass is 19.1. The number of ketones is 1. The van der Waals surface area contributed by atoms with Crippen LogP contribution < -0.4 is 5.73 Å². The van der Waals surface area contributed by atoms with Gasteiger partial charge < -0.3 is 5.73 Å². The van der Waals surface area contributed by atoms with Gasteiger partial charge in [-0.25, -0.2) is 4.39 Å². The molecule has 0 aliphatic rings. The zero-order chi connectivity index (χ0) is 11.7. The molecule has 0 radical (unpaired) electrons. The van der Waals surface area contributed by atoms with Gasteiger partial charge in [0.1, 0.15) is 17.2 Å². The lowest BCUT2D eigenvalue weighted by Gasteiger charge is -1.97. The minimum Gasteiger partial charge on any atom is -0.395 e. The first-order chi connectivity index (χ1) is 7.59. The van der Waals surface area contributed by atoms with E-state index in [9.17, 15) is 9.18 Å². The third-order valence-electron chi connectivity index (χ3n) is 2.13. The smallest absolute Gasteiger partial charge is 0.179 e. The molecule has 0 aliphatic heterocycles. The predicted molar refractivity (Wildman–Crippen MR) is 56.2 cm³/mol. The van der Waals surface area contributed by atoms with Gasteiger partial charge in [0.15, 0.2) is 5.78 Å². The van der Waals surface area contributed by atoms with Crippen LogP contribution in [0, 0.1) is 5.82 Å². The van der Waals surface area contributed by atoms with Gasteiger partial charge in [-0.05, 0) is 12.1 Å². The van der Waals surface area contributed by atoms with Gasteiger partial charge in [0, 0.05) is 6.92 Å². The molecule has 2 rings (SSSR count). The number of nitrogens with one attached hydrogen (secondary N) is 1. The number of hydrogen-bond acceptors (Lipinski definition) is 4. The molecule has 6 heteroatoms. The number of rotatable bonds is 2. The summed E-state index contributed by atoms with van der Waals surface area (Å²) in [6, 6.07) is 2.70. The number of anilines is 1. The summed E-state index contributed by atoms with van der Waals surface area (Å²) in [6.07, 6.45) is 1.07. The SMILES string of the molecule is CC(=O)c1[nH]nc(-c2ccc(F)cn2)c1N. The van der Waals surface area contributed by atoms with Crippen molar-refractivity contribution < 1.29 is 9.18 Å². The summed E-state index contributed by atoms with van der Waals surface area (Å²) in [5, 5.41) is 6.41. The molecule has 16 heavy (non-hydrogen) atoms. The van der Waals surface area contributed by atoms with Gasteiger partial charge in [0.25, 0.3) is 0 Å². The third kappa shape index (κ3) is 1.65. The van der Waals surface area contributed by atoms with Crippen molar-refractivity contribution in [1.82, 2.24) is 15.2 Å². The first-order valence-corrected chi connectivity index (χ1v) is 4.56. The van der Waals surface area contributed by atoms with Crippen LogP contribution in [-0.2, 0) is 0 Å². The fourth-order valence-electron chi connectivity index (χ4n) is 1.33. The number of nitrogen functional groups attached to an aromatic ring is 1. The second-order valence-electron chi connectivity index (χ2n) is 3.28. The summed E-state index contributed by atoms with van der Waals surface area (Å²) in [5.41, 5.74) is 6.96. The Morgan fingerprint density at radius 3 is 2.75 bits per heavy atom. The van der Waals surface area contributed by atoms with Crippen LogP contribution in [-0.4, -0.2) is 21.0 Å². The second-order valence-corrected chi connectivity index (χ2v) is 3.28. The standard InChI is InChI=1S/C10H9FN4O/c1-5(16)9-8(12)10(15-14-9)7-3-2-6(11)4-13-7/h2-4H,12H2,1H3,(H,14,15). The Bertz CT molecular complexity index is 532. The molecule has 82 valence electrons. The van der Waals surface area contributed by atoms with Crippen LogP contribution in [0.2, 0.25) is 0 Å². The van der Waals surface area contributed by atoms with Crippen LogP contribution >= 0.6 is 0 Å². The van der Waals surface area contributed by atoms with Crippen LogP contribution in [0.1, 0.15) is 17.4 Å². The maximum Gasteiger partial charge on any atom is 0.179 e. The van der Waals surface area contributed by atoms with Crippen molar-refractivity contribution in [3.63, 3.8) is 0 Å². The van der Waals surface area contributed by atoms with E-state index in [0.29, 0.717) is 11.4 Å². The van der Waals surface area contributed by atoms with Crippen molar-refractivity contribution in [3.8, 4) is 11.4 Å². The van der Waals surface area contributed by atoms with Crippen molar-refractivity contribution in [3.05, 3.63) is 29.8 Å². The zero-order valence-corrected chi connectivity index (χ0v) is 8.49. The van der Waals surface area contributed by atoms with Crippen LogP contribution in [0.5, 0.6) is 0 Å². The van der Waals surface area contributed by atoms with E-state index in [1.807, 2.05) is 0 Å².